The van der Waals surface area contributed by atoms with Crippen molar-refractivity contribution in [3.8, 4) is 0 Å². The third kappa shape index (κ3) is 2.06. The minimum atomic E-state index is 0.697. The van der Waals surface area contributed by atoms with E-state index in [4.69, 9.17) is 0 Å². The smallest absolute Gasteiger partial charge is 0.205 e. The van der Waals surface area contributed by atoms with Crippen LogP contribution in [0.1, 0.15) is 44.6 Å². The van der Waals surface area contributed by atoms with Crippen molar-refractivity contribution in [2.24, 2.45) is 5.92 Å². The van der Waals surface area contributed by atoms with Gasteiger partial charge in [0.25, 0.3) is 0 Å². The molecule has 2 atom stereocenters. The van der Waals surface area contributed by atoms with Crippen molar-refractivity contribution in [1.29, 1.82) is 0 Å². The lowest BCUT2D eigenvalue weighted by molar-refractivity contribution is 0.340. The van der Waals surface area contributed by atoms with Gasteiger partial charge in [0, 0.05) is 37.6 Å². The van der Waals surface area contributed by atoms with Gasteiger partial charge in [0.1, 0.15) is 0 Å². The lowest BCUT2D eigenvalue weighted by Crippen LogP contribution is -2.40. The highest BCUT2D eigenvalue weighted by Gasteiger charge is 2.36. The normalized spacial score (nSPS) is 31.9. The molecule has 2 aliphatic heterocycles. The van der Waals surface area contributed by atoms with Crippen LogP contribution in [-0.2, 0) is 0 Å². The van der Waals surface area contributed by atoms with Gasteiger partial charge in [0.05, 0.1) is 0 Å². The molecule has 0 radical (unpaired) electrons. The molecule has 1 saturated carbocycles. The Labute approximate surface area is 115 Å². The van der Waals surface area contributed by atoms with E-state index in [1.54, 1.807) is 0 Å². The monoisotopic (exact) mass is 260 g/mol. The molecule has 0 aromatic carbocycles. The zero-order valence-electron chi connectivity index (χ0n) is 11.6. The molecule has 4 rings (SSSR count). The molecule has 4 nitrogen and oxygen atoms in total. The van der Waals surface area contributed by atoms with Crippen LogP contribution in [0.3, 0.4) is 0 Å². The van der Waals surface area contributed by atoms with Crippen LogP contribution in [0, 0.1) is 5.92 Å². The Morgan fingerprint density at radius 1 is 1.11 bits per heavy atom. The van der Waals surface area contributed by atoms with E-state index in [0.29, 0.717) is 12.1 Å². The fourth-order valence-corrected chi connectivity index (χ4v) is 4.23. The van der Waals surface area contributed by atoms with Crippen LogP contribution in [0.4, 0.5) is 5.95 Å². The molecular weight excluding hydrogens is 236 g/mol. The molecule has 3 heterocycles. The third-order valence-electron chi connectivity index (χ3n) is 5.25. The first-order chi connectivity index (χ1) is 9.42. The average Bonchev–Trinajstić information content (AvgIpc) is 3.17. The first-order valence-electron chi connectivity index (χ1n) is 7.93. The lowest BCUT2D eigenvalue weighted by Gasteiger charge is -2.24. The maximum atomic E-state index is 4.66. The molecule has 0 amide bonds. The molecular formula is C15H24N4. The number of aromatic nitrogens is 2. The van der Waals surface area contributed by atoms with Gasteiger partial charge in [0.2, 0.25) is 5.95 Å². The number of anilines is 1. The van der Waals surface area contributed by atoms with Crippen LogP contribution in [0.15, 0.2) is 12.4 Å². The maximum absolute atomic E-state index is 4.66. The Bertz CT molecular complexity index is 421. The molecule has 1 N–H and O–H groups in total. The molecule has 19 heavy (non-hydrogen) atoms. The molecule has 3 fully saturated rings. The van der Waals surface area contributed by atoms with Crippen molar-refractivity contribution < 1.29 is 0 Å². The van der Waals surface area contributed by atoms with Crippen LogP contribution >= 0.6 is 0 Å². The molecule has 104 valence electrons. The summed E-state index contributed by atoms with van der Waals surface area (Å²) in [6.07, 6.45) is 12.4. The van der Waals surface area contributed by atoms with E-state index in [1.165, 1.54) is 57.6 Å². The number of nitrogens with one attached hydrogen (secondary N) is 1. The quantitative estimate of drug-likeness (QED) is 0.885. The van der Waals surface area contributed by atoms with E-state index in [9.17, 15) is 0 Å². The largest absolute Gasteiger partial charge is 0.340 e. The van der Waals surface area contributed by atoms with Gasteiger partial charge in [-0.2, -0.15) is 0 Å². The van der Waals surface area contributed by atoms with Gasteiger partial charge in [0.15, 0.2) is 0 Å². The molecule has 1 aromatic heterocycles. The Morgan fingerprint density at radius 3 is 2.84 bits per heavy atom. The summed E-state index contributed by atoms with van der Waals surface area (Å²) in [5, 5.41) is 3.68. The maximum Gasteiger partial charge on any atom is 0.205 e. The van der Waals surface area contributed by atoms with Crippen molar-refractivity contribution in [3.05, 3.63) is 12.4 Å². The summed E-state index contributed by atoms with van der Waals surface area (Å²) in [4.78, 5) is 7.18. The highest BCUT2D eigenvalue weighted by atomic mass is 15.3. The Balaban J connectivity index is 1.54. The molecule has 2 unspecified atom stereocenters. The number of imidazole rings is 1. The summed E-state index contributed by atoms with van der Waals surface area (Å²) in [5.74, 6) is 2.06. The van der Waals surface area contributed by atoms with E-state index < -0.39 is 0 Å². The molecule has 1 aromatic rings. The first kappa shape index (κ1) is 11.8. The summed E-state index contributed by atoms with van der Waals surface area (Å²) in [6, 6.07) is 1.40. The summed E-state index contributed by atoms with van der Waals surface area (Å²) in [7, 11) is 0. The highest BCUT2D eigenvalue weighted by Crippen LogP contribution is 2.34. The number of nitrogens with zero attached hydrogens (tertiary/aromatic N) is 3. The van der Waals surface area contributed by atoms with E-state index in [0.717, 1.165) is 12.5 Å². The molecule has 3 aliphatic rings. The number of rotatable bonds is 2. The Kier molecular flexibility index (Phi) is 2.98. The average molecular weight is 260 g/mol. The number of fused-ring (bicyclic) bond motifs is 1. The van der Waals surface area contributed by atoms with Crippen molar-refractivity contribution in [2.45, 2.75) is 50.6 Å². The van der Waals surface area contributed by atoms with Gasteiger partial charge >= 0.3 is 0 Å². The number of piperidine rings is 1. The van der Waals surface area contributed by atoms with Gasteiger partial charge < -0.3 is 14.8 Å². The van der Waals surface area contributed by atoms with Gasteiger partial charge in [-0.3, -0.25) is 0 Å². The summed E-state index contributed by atoms with van der Waals surface area (Å²) in [6.45, 7) is 3.54. The summed E-state index contributed by atoms with van der Waals surface area (Å²) in [5.41, 5.74) is 0. The van der Waals surface area contributed by atoms with E-state index in [2.05, 4.69) is 26.0 Å². The lowest BCUT2D eigenvalue weighted by atomic mass is 9.94. The summed E-state index contributed by atoms with van der Waals surface area (Å²) >= 11 is 0. The van der Waals surface area contributed by atoms with Crippen molar-refractivity contribution in [2.75, 3.05) is 24.5 Å². The number of hydrogen-bond acceptors (Lipinski definition) is 3. The standard InChI is InChI=1S/C15H24N4/c1-2-6-13(5-1)19-9-8-17-15(19)18-10-12-4-3-7-16-14(12)11-18/h8-9,12-14,16H,1-7,10-11H2. The van der Waals surface area contributed by atoms with Crippen molar-refractivity contribution >= 4 is 5.95 Å². The highest BCUT2D eigenvalue weighted by molar-refractivity contribution is 5.35. The van der Waals surface area contributed by atoms with Crippen LogP contribution in [0.25, 0.3) is 0 Å². The minimum Gasteiger partial charge on any atom is -0.340 e. The number of hydrogen-bond donors (Lipinski definition) is 1. The van der Waals surface area contributed by atoms with E-state index in [1.807, 2.05) is 6.20 Å². The molecule has 0 spiro atoms. The van der Waals surface area contributed by atoms with Gasteiger partial charge in [-0.15, -0.1) is 0 Å². The van der Waals surface area contributed by atoms with Crippen molar-refractivity contribution in [3.63, 3.8) is 0 Å². The van der Waals surface area contributed by atoms with Crippen LogP contribution in [0.5, 0.6) is 0 Å². The van der Waals surface area contributed by atoms with E-state index >= 15 is 0 Å². The second kappa shape index (κ2) is 4.82. The van der Waals surface area contributed by atoms with E-state index in [-0.39, 0.29) is 0 Å². The zero-order valence-corrected chi connectivity index (χ0v) is 11.6. The Hall–Kier alpha value is -1.03. The summed E-state index contributed by atoms with van der Waals surface area (Å²) < 4.78 is 2.45. The fraction of sp³-hybridized carbons (Fsp3) is 0.800. The van der Waals surface area contributed by atoms with Crippen LogP contribution in [-0.4, -0.2) is 35.2 Å². The zero-order chi connectivity index (χ0) is 12.7. The molecule has 4 heteroatoms. The predicted molar refractivity (Wildman–Crippen MR) is 76.5 cm³/mol. The molecule has 2 saturated heterocycles. The Morgan fingerprint density at radius 2 is 2.00 bits per heavy atom. The second-order valence-electron chi connectivity index (χ2n) is 6.44. The van der Waals surface area contributed by atoms with Gasteiger partial charge in [-0.1, -0.05) is 12.8 Å². The molecule has 1 aliphatic carbocycles. The first-order valence-corrected chi connectivity index (χ1v) is 7.93. The van der Waals surface area contributed by atoms with Crippen molar-refractivity contribution in [1.82, 2.24) is 14.9 Å². The predicted octanol–water partition coefficient (Wildman–Crippen LogP) is 2.19. The van der Waals surface area contributed by atoms with Crippen LogP contribution < -0.4 is 10.2 Å². The SMILES string of the molecule is c1cn(C2CCCC2)c(N2CC3CCCNC3C2)n1. The minimum absolute atomic E-state index is 0.697. The van der Waals surface area contributed by atoms with Crippen LogP contribution in [0.2, 0.25) is 0 Å². The fourth-order valence-electron chi connectivity index (χ4n) is 4.23. The topological polar surface area (TPSA) is 33.1 Å². The molecule has 0 bridgehead atoms. The third-order valence-corrected chi connectivity index (χ3v) is 5.25. The van der Waals surface area contributed by atoms with Gasteiger partial charge in [-0.05, 0) is 38.1 Å². The van der Waals surface area contributed by atoms with Gasteiger partial charge in [-0.25, -0.2) is 4.98 Å². The second-order valence-corrected chi connectivity index (χ2v) is 6.44.